The molecule has 0 N–H and O–H groups in total. The molecule has 0 rings (SSSR count). The summed E-state index contributed by atoms with van der Waals surface area (Å²) in [6, 6.07) is 2.05. The minimum Gasteiger partial charge on any atom is -0.207 e. The minimum absolute atomic E-state index is 0.346. The summed E-state index contributed by atoms with van der Waals surface area (Å²) in [5.74, 6) is -0.346. The molecule has 0 aliphatic carbocycles. The Morgan fingerprint density at radius 3 is 2.23 bits per heavy atom. The first-order valence-electron chi connectivity index (χ1n) is 3.93. The van der Waals surface area contributed by atoms with Crippen molar-refractivity contribution < 1.29 is 4.39 Å². The third-order valence-corrected chi connectivity index (χ3v) is 2.13. The lowest BCUT2D eigenvalue weighted by Crippen LogP contribution is -2.10. The SMILES string of the molecule is C/C(=C(F)\C=C(/C)Br)C(C)(C)C#N. The molecule has 0 spiro atoms. The molecule has 1 nitrogen and oxygen atoms in total. The van der Waals surface area contributed by atoms with E-state index in [-0.39, 0.29) is 5.83 Å². The molecule has 0 aromatic carbocycles. The van der Waals surface area contributed by atoms with Crippen molar-refractivity contribution in [1.29, 1.82) is 5.26 Å². The normalized spacial score (nSPS) is 15.0. The van der Waals surface area contributed by atoms with Gasteiger partial charge in [-0.15, -0.1) is 0 Å². The number of rotatable bonds is 2. The Morgan fingerprint density at radius 1 is 1.46 bits per heavy atom. The zero-order chi connectivity index (χ0) is 10.6. The van der Waals surface area contributed by atoms with E-state index in [0.29, 0.717) is 10.1 Å². The van der Waals surface area contributed by atoms with Gasteiger partial charge in [-0.3, -0.25) is 0 Å². The number of nitriles is 1. The fourth-order valence-corrected chi connectivity index (χ4v) is 0.866. The van der Waals surface area contributed by atoms with Crippen LogP contribution in [0.1, 0.15) is 27.7 Å². The Hall–Kier alpha value is -0.620. The molecule has 0 radical (unpaired) electrons. The molecule has 0 amide bonds. The van der Waals surface area contributed by atoms with Gasteiger partial charge >= 0.3 is 0 Å². The zero-order valence-electron chi connectivity index (χ0n) is 8.28. The molecule has 13 heavy (non-hydrogen) atoms. The van der Waals surface area contributed by atoms with E-state index in [1.807, 2.05) is 0 Å². The van der Waals surface area contributed by atoms with E-state index in [1.54, 1.807) is 27.7 Å². The first kappa shape index (κ1) is 12.4. The van der Waals surface area contributed by atoms with Gasteiger partial charge in [-0.2, -0.15) is 5.26 Å². The van der Waals surface area contributed by atoms with E-state index in [0.717, 1.165) is 0 Å². The second-order valence-electron chi connectivity index (χ2n) is 3.44. The predicted octanol–water partition coefficient (Wildman–Crippen LogP) is 4.08. The maximum atomic E-state index is 13.4. The standard InChI is InChI=1S/C10H13BrFN/c1-7(11)5-9(12)8(2)10(3,4)6-13/h5H,1-4H3/b7-5+,9-8-. The summed E-state index contributed by atoms with van der Waals surface area (Å²) in [5, 5.41) is 8.76. The zero-order valence-corrected chi connectivity index (χ0v) is 9.87. The molecular weight excluding hydrogens is 233 g/mol. The Labute approximate surface area is 87.1 Å². The van der Waals surface area contributed by atoms with Gasteiger partial charge in [0.05, 0.1) is 11.5 Å². The maximum Gasteiger partial charge on any atom is 0.124 e. The predicted molar refractivity (Wildman–Crippen MR) is 55.9 cm³/mol. The number of hydrogen-bond acceptors (Lipinski definition) is 1. The second kappa shape index (κ2) is 4.57. The van der Waals surface area contributed by atoms with Crippen LogP contribution in [0.25, 0.3) is 0 Å². The van der Waals surface area contributed by atoms with Crippen molar-refractivity contribution in [2.75, 3.05) is 0 Å². The Bertz CT molecular complexity index is 291. The van der Waals surface area contributed by atoms with Crippen LogP contribution in [-0.4, -0.2) is 0 Å². The minimum atomic E-state index is -0.747. The second-order valence-corrected chi connectivity index (χ2v) is 4.69. The van der Waals surface area contributed by atoms with E-state index in [1.165, 1.54) is 6.08 Å². The van der Waals surface area contributed by atoms with Crippen molar-refractivity contribution in [2.24, 2.45) is 5.41 Å². The fraction of sp³-hybridized carbons (Fsp3) is 0.500. The average Bonchev–Trinajstić information content (AvgIpc) is 2.01. The Morgan fingerprint density at radius 2 is 1.92 bits per heavy atom. The molecule has 72 valence electrons. The lowest BCUT2D eigenvalue weighted by molar-refractivity contribution is 0.546. The van der Waals surface area contributed by atoms with Crippen LogP contribution in [0.4, 0.5) is 4.39 Å². The molecule has 0 saturated carbocycles. The molecule has 0 aliphatic heterocycles. The van der Waals surface area contributed by atoms with E-state index in [4.69, 9.17) is 5.26 Å². The molecule has 3 heteroatoms. The van der Waals surface area contributed by atoms with Gasteiger partial charge in [-0.05, 0) is 43.8 Å². The monoisotopic (exact) mass is 245 g/mol. The Kier molecular flexibility index (Phi) is 4.35. The average molecular weight is 246 g/mol. The lowest BCUT2D eigenvalue weighted by Gasteiger charge is -2.16. The van der Waals surface area contributed by atoms with Crippen LogP contribution in [0.15, 0.2) is 22.0 Å². The first-order chi connectivity index (χ1) is 5.81. The molecule has 0 heterocycles. The smallest absolute Gasteiger partial charge is 0.124 e. The first-order valence-corrected chi connectivity index (χ1v) is 4.72. The van der Waals surface area contributed by atoms with E-state index in [9.17, 15) is 4.39 Å². The summed E-state index contributed by atoms with van der Waals surface area (Å²) in [6.45, 7) is 6.76. The fourth-order valence-electron chi connectivity index (χ4n) is 0.665. The third kappa shape index (κ3) is 3.73. The van der Waals surface area contributed by atoms with Crippen molar-refractivity contribution in [3.63, 3.8) is 0 Å². The third-order valence-electron chi connectivity index (χ3n) is 1.90. The van der Waals surface area contributed by atoms with Crippen molar-refractivity contribution in [1.82, 2.24) is 0 Å². The molecule has 0 bridgehead atoms. The van der Waals surface area contributed by atoms with Gasteiger partial charge in [0.2, 0.25) is 0 Å². The van der Waals surface area contributed by atoms with Crippen molar-refractivity contribution in [3.8, 4) is 6.07 Å². The Balaban J connectivity index is 5.07. The van der Waals surface area contributed by atoms with Gasteiger partial charge < -0.3 is 0 Å². The molecule has 0 saturated heterocycles. The molecule has 0 fully saturated rings. The number of nitrogens with zero attached hydrogens (tertiary/aromatic N) is 1. The molecule has 0 unspecified atom stereocenters. The summed E-state index contributed by atoms with van der Waals surface area (Å²) in [7, 11) is 0. The number of halogens is 2. The maximum absolute atomic E-state index is 13.4. The number of hydrogen-bond donors (Lipinski definition) is 0. The van der Waals surface area contributed by atoms with Gasteiger partial charge in [0, 0.05) is 0 Å². The van der Waals surface area contributed by atoms with Crippen LogP contribution in [0.2, 0.25) is 0 Å². The van der Waals surface area contributed by atoms with Crippen LogP contribution >= 0.6 is 15.9 Å². The van der Waals surface area contributed by atoms with Gasteiger partial charge in [-0.1, -0.05) is 15.9 Å². The highest BCUT2D eigenvalue weighted by atomic mass is 79.9. The van der Waals surface area contributed by atoms with Crippen LogP contribution in [0.3, 0.4) is 0 Å². The van der Waals surface area contributed by atoms with Gasteiger partial charge in [0.1, 0.15) is 5.83 Å². The number of allylic oxidation sites excluding steroid dienone is 4. The van der Waals surface area contributed by atoms with Crippen LogP contribution < -0.4 is 0 Å². The largest absolute Gasteiger partial charge is 0.207 e. The summed E-state index contributed by atoms with van der Waals surface area (Å²) in [6.07, 6.45) is 1.37. The van der Waals surface area contributed by atoms with Crippen LogP contribution in [-0.2, 0) is 0 Å². The summed E-state index contributed by atoms with van der Waals surface area (Å²) >= 11 is 3.14. The molecule has 0 aliphatic rings. The van der Waals surface area contributed by atoms with Crippen molar-refractivity contribution >= 4 is 15.9 Å². The van der Waals surface area contributed by atoms with E-state index < -0.39 is 5.41 Å². The molecular formula is C10H13BrFN. The lowest BCUT2D eigenvalue weighted by atomic mass is 9.86. The highest BCUT2D eigenvalue weighted by Crippen LogP contribution is 2.29. The molecule has 0 aromatic rings. The summed E-state index contributed by atoms with van der Waals surface area (Å²) in [5.41, 5.74) is -0.294. The van der Waals surface area contributed by atoms with Crippen LogP contribution in [0.5, 0.6) is 0 Å². The topological polar surface area (TPSA) is 23.8 Å². The van der Waals surface area contributed by atoms with Crippen LogP contribution in [0, 0.1) is 16.7 Å². The summed E-state index contributed by atoms with van der Waals surface area (Å²) < 4.78 is 14.1. The van der Waals surface area contributed by atoms with E-state index in [2.05, 4.69) is 22.0 Å². The van der Waals surface area contributed by atoms with Gasteiger partial charge in [0.15, 0.2) is 0 Å². The summed E-state index contributed by atoms with van der Waals surface area (Å²) in [4.78, 5) is 0. The quantitative estimate of drug-likeness (QED) is 0.673. The van der Waals surface area contributed by atoms with Gasteiger partial charge in [-0.25, -0.2) is 4.39 Å². The van der Waals surface area contributed by atoms with E-state index >= 15 is 0 Å². The van der Waals surface area contributed by atoms with Crippen molar-refractivity contribution in [3.05, 3.63) is 22.0 Å². The van der Waals surface area contributed by atoms with Gasteiger partial charge in [0.25, 0.3) is 0 Å². The van der Waals surface area contributed by atoms with Crippen molar-refractivity contribution in [2.45, 2.75) is 27.7 Å². The molecule has 0 atom stereocenters. The highest BCUT2D eigenvalue weighted by molar-refractivity contribution is 9.11. The highest BCUT2D eigenvalue weighted by Gasteiger charge is 2.21. The molecule has 0 aromatic heterocycles.